The lowest BCUT2D eigenvalue weighted by atomic mass is 9.54. The first-order valence-electron chi connectivity index (χ1n) is 6.60. The zero-order valence-electron chi connectivity index (χ0n) is 9.50. The summed E-state index contributed by atoms with van der Waals surface area (Å²) in [5.41, 5.74) is 0. The van der Waals surface area contributed by atoms with Crippen LogP contribution in [0.15, 0.2) is 0 Å². The van der Waals surface area contributed by atoms with Crippen molar-refractivity contribution in [1.82, 2.24) is 5.32 Å². The summed E-state index contributed by atoms with van der Waals surface area (Å²) in [7, 11) is 0. The standard InChI is InChI=1S/C13H23N/c1-3-10-11-8-5-6-9(7-8)12(11)13(10)14-4-2/h8-14H,3-7H2,1-2H3. The minimum atomic E-state index is 0.894. The molecule has 0 radical (unpaired) electrons. The van der Waals surface area contributed by atoms with Gasteiger partial charge in [0, 0.05) is 6.04 Å². The molecule has 0 aromatic carbocycles. The summed E-state index contributed by atoms with van der Waals surface area (Å²) in [6, 6.07) is 0.894. The van der Waals surface area contributed by atoms with Crippen molar-refractivity contribution in [2.24, 2.45) is 29.6 Å². The Kier molecular flexibility index (Phi) is 2.12. The zero-order valence-corrected chi connectivity index (χ0v) is 9.50. The van der Waals surface area contributed by atoms with Crippen molar-refractivity contribution in [3.63, 3.8) is 0 Å². The van der Waals surface area contributed by atoms with Gasteiger partial charge in [-0.25, -0.2) is 0 Å². The van der Waals surface area contributed by atoms with Gasteiger partial charge in [0.15, 0.2) is 0 Å². The molecule has 3 rings (SSSR count). The van der Waals surface area contributed by atoms with Crippen molar-refractivity contribution < 1.29 is 0 Å². The Morgan fingerprint density at radius 1 is 1.07 bits per heavy atom. The molecule has 0 heterocycles. The Morgan fingerprint density at radius 3 is 2.43 bits per heavy atom. The fourth-order valence-corrected chi connectivity index (χ4v) is 4.98. The van der Waals surface area contributed by atoms with Gasteiger partial charge in [0.25, 0.3) is 0 Å². The molecule has 0 aromatic rings. The van der Waals surface area contributed by atoms with E-state index < -0.39 is 0 Å². The average molecular weight is 193 g/mol. The molecule has 6 unspecified atom stereocenters. The second kappa shape index (κ2) is 3.23. The highest BCUT2D eigenvalue weighted by Crippen LogP contribution is 2.64. The van der Waals surface area contributed by atoms with Gasteiger partial charge in [-0.15, -0.1) is 0 Å². The summed E-state index contributed by atoms with van der Waals surface area (Å²) in [5.74, 6) is 5.47. The predicted molar refractivity (Wildman–Crippen MR) is 59.1 cm³/mol. The zero-order chi connectivity index (χ0) is 9.71. The molecule has 1 N–H and O–H groups in total. The molecule has 0 amide bonds. The van der Waals surface area contributed by atoms with Gasteiger partial charge in [-0.3, -0.25) is 0 Å². The van der Waals surface area contributed by atoms with E-state index in [9.17, 15) is 0 Å². The van der Waals surface area contributed by atoms with Crippen molar-refractivity contribution >= 4 is 0 Å². The van der Waals surface area contributed by atoms with E-state index in [4.69, 9.17) is 0 Å². The van der Waals surface area contributed by atoms with Crippen LogP contribution in [0.4, 0.5) is 0 Å². The molecular weight excluding hydrogens is 170 g/mol. The predicted octanol–water partition coefficient (Wildman–Crippen LogP) is 2.67. The first kappa shape index (κ1) is 9.21. The van der Waals surface area contributed by atoms with Crippen LogP contribution < -0.4 is 5.32 Å². The third-order valence-corrected chi connectivity index (χ3v) is 5.33. The summed E-state index contributed by atoms with van der Waals surface area (Å²) in [6.45, 7) is 5.81. The van der Waals surface area contributed by atoms with E-state index in [1.807, 2.05) is 0 Å². The Bertz CT molecular complexity index is 225. The summed E-state index contributed by atoms with van der Waals surface area (Å²) in [5, 5.41) is 3.74. The Balaban J connectivity index is 1.76. The Hall–Kier alpha value is -0.0400. The van der Waals surface area contributed by atoms with Crippen molar-refractivity contribution in [3.8, 4) is 0 Å². The molecule has 6 atom stereocenters. The van der Waals surface area contributed by atoms with Crippen LogP contribution in [0.2, 0.25) is 0 Å². The summed E-state index contributed by atoms with van der Waals surface area (Å²) in [6.07, 6.45) is 6.08. The van der Waals surface area contributed by atoms with Gasteiger partial charge in [0.05, 0.1) is 0 Å². The van der Waals surface area contributed by atoms with Gasteiger partial charge in [-0.05, 0) is 55.4 Å². The molecule has 2 bridgehead atoms. The molecule has 1 nitrogen and oxygen atoms in total. The van der Waals surface area contributed by atoms with Gasteiger partial charge in [0.1, 0.15) is 0 Å². The lowest BCUT2D eigenvalue weighted by Crippen LogP contribution is -2.60. The fourth-order valence-electron chi connectivity index (χ4n) is 4.98. The van der Waals surface area contributed by atoms with E-state index >= 15 is 0 Å². The van der Waals surface area contributed by atoms with E-state index in [1.54, 1.807) is 19.3 Å². The van der Waals surface area contributed by atoms with Crippen molar-refractivity contribution in [2.75, 3.05) is 6.54 Å². The molecular formula is C13H23N. The highest BCUT2D eigenvalue weighted by atomic mass is 15.0. The first-order chi connectivity index (χ1) is 6.86. The van der Waals surface area contributed by atoms with Crippen molar-refractivity contribution in [3.05, 3.63) is 0 Å². The maximum absolute atomic E-state index is 3.74. The lowest BCUT2D eigenvalue weighted by Gasteiger charge is -2.55. The molecule has 0 spiro atoms. The quantitative estimate of drug-likeness (QED) is 0.726. The van der Waals surface area contributed by atoms with Crippen LogP contribution in [-0.2, 0) is 0 Å². The van der Waals surface area contributed by atoms with Crippen LogP contribution in [0, 0.1) is 29.6 Å². The minimum Gasteiger partial charge on any atom is -0.314 e. The summed E-state index contributed by atoms with van der Waals surface area (Å²) < 4.78 is 0. The van der Waals surface area contributed by atoms with E-state index in [0.717, 1.165) is 35.6 Å². The largest absolute Gasteiger partial charge is 0.314 e. The highest BCUT2D eigenvalue weighted by Gasteiger charge is 2.61. The molecule has 80 valence electrons. The van der Waals surface area contributed by atoms with Crippen LogP contribution in [0.5, 0.6) is 0 Å². The second-order valence-corrected chi connectivity index (χ2v) is 5.64. The summed E-state index contributed by atoms with van der Waals surface area (Å²) in [4.78, 5) is 0. The van der Waals surface area contributed by atoms with Gasteiger partial charge in [0.2, 0.25) is 0 Å². The number of nitrogens with one attached hydrogen (secondary N) is 1. The molecule has 3 saturated carbocycles. The molecule has 3 aliphatic carbocycles. The van der Waals surface area contributed by atoms with E-state index in [1.165, 1.54) is 13.0 Å². The van der Waals surface area contributed by atoms with Gasteiger partial charge in [-0.1, -0.05) is 20.3 Å². The molecule has 14 heavy (non-hydrogen) atoms. The number of rotatable bonds is 3. The molecule has 0 aromatic heterocycles. The van der Waals surface area contributed by atoms with Gasteiger partial charge in [-0.2, -0.15) is 0 Å². The van der Waals surface area contributed by atoms with Crippen molar-refractivity contribution in [2.45, 2.75) is 45.6 Å². The van der Waals surface area contributed by atoms with E-state index in [-0.39, 0.29) is 0 Å². The Labute approximate surface area is 87.7 Å². The first-order valence-corrected chi connectivity index (χ1v) is 6.60. The normalized spacial score (nSPS) is 54.4. The number of hydrogen-bond acceptors (Lipinski definition) is 1. The van der Waals surface area contributed by atoms with Gasteiger partial charge < -0.3 is 5.32 Å². The third-order valence-electron chi connectivity index (χ3n) is 5.33. The average Bonchev–Trinajstić information content (AvgIpc) is 2.71. The summed E-state index contributed by atoms with van der Waals surface area (Å²) >= 11 is 0. The fraction of sp³-hybridized carbons (Fsp3) is 1.00. The molecule has 1 heteroatoms. The maximum atomic E-state index is 3.74. The maximum Gasteiger partial charge on any atom is 0.0132 e. The monoisotopic (exact) mass is 193 g/mol. The van der Waals surface area contributed by atoms with Crippen LogP contribution in [-0.4, -0.2) is 12.6 Å². The van der Waals surface area contributed by atoms with Crippen LogP contribution in [0.25, 0.3) is 0 Å². The highest BCUT2D eigenvalue weighted by molar-refractivity contribution is 5.12. The van der Waals surface area contributed by atoms with Crippen LogP contribution in [0.1, 0.15) is 39.5 Å². The SMILES string of the molecule is CCNC1C(CC)C2C3CCC(C3)C12. The van der Waals surface area contributed by atoms with E-state index in [2.05, 4.69) is 19.2 Å². The molecule has 3 aliphatic rings. The van der Waals surface area contributed by atoms with Crippen LogP contribution in [0.3, 0.4) is 0 Å². The smallest absolute Gasteiger partial charge is 0.0132 e. The number of fused-ring (bicyclic) bond motifs is 5. The van der Waals surface area contributed by atoms with Crippen molar-refractivity contribution in [1.29, 1.82) is 0 Å². The molecule has 0 aliphatic heterocycles. The molecule has 0 saturated heterocycles. The number of hydrogen-bond donors (Lipinski definition) is 1. The third kappa shape index (κ3) is 0.997. The van der Waals surface area contributed by atoms with Gasteiger partial charge >= 0.3 is 0 Å². The minimum absolute atomic E-state index is 0.894. The Morgan fingerprint density at radius 2 is 1.79 bits per heavy atom. The lowest BCUT2D eigenvalue weighted by molar-refractivity contribution is -0.0298. The second-order valence-electron chi connectivity index (χ2n) is 5.64. The van der Waals surface area contributed by atoms with E-state index in [0.29, 0.717) is 0 Å². The van der Waals surface area contributed by atoms with Crippen LogP contribution >= 0.6 is 0 Å². The molecule has 3 fully saturated rings. The topological polar surface area (TPSA) is 12.0 Å².